The van der Waals surface area contributed by atoms with E-state index in [1.165, 1.54) is 16.4 Å². The van der Waals surface area contributed by atoms with Gasteiger partial charge < -0.3 is 20.1 Å². The third-order valence-corrected chi connectivity index (χ3v) is 5.99. The zero-order chi connectivity index (χ0) is 19.3. The third kappa shape index (κ3) is 4.46. The van der Waals surface area contributed by atoms with E-state index in [1.807, 2.05) is 13.8 Å². The molecule has 1 atom stereocenters. The van der Waals surface area contributed by atoms with E-state index in [0.29, 0.717) is 37.8 Å². The van der Waals surface area contributed by atoms with Crippen LogP contribution in [0.3, 0.4) is 0 Å². The van der Waals surface area contributed by atoms with Crippen molar-refractivity contribution in [3.63, 3.8) is 0 Å². The number of rotatable bonds is 7. The van der Waals surface area contributed by atoms with E-state index in [4.69, 9.17) is 15.2 Å². The molecule has 1 aliphatic heterocycles. The van der Waals surface area contributed by atoms with Crippen LogP contribution in [0.5, 0.6) is 11.5 Å². The number of benzene rings is 1. The Balaban J connectivity index is 2.17. The van der Waals surface area contributed by atoms with E-state index in [0.717, 1.165) is 0 Å². The van der Waals surface area contributed by atoms with Gasteiger partial charge in [-0.2, -0.15) is 4.31 Å². The van der Waals surface area contributed by atoms with Crippen molar-refractivity contribution in [1.29, 1.82) is 0 Å². The summed E-state index contributed by atoms with van der Waals surface area (Å²) in [6, 6.07) is 4.03. The number of nitrogens with two attached hydrogens (primary N) is 1. The monoisotopic (exact) mass is 385 g/mol. The summed E-state index contributed by atoms with van der Waals surface area (Å²) in [7, 11) is -3.68. The lowest BCUT2D eigenvalue weighted by Gasteiger charge is -2.34. The van der Waals surface area contributed by atoms with Crippen LogP contribution in [0.15, 0.2) is 23.1 Å². The molecule has 2 N–H and O–H groups in total. The Labute approximate surface area is 154 Å². The molecule has 1 aliphatic rings. The summed E-state index contributed by atoms with van der Waals surface area (Å²) in [4.78, 5) is 13.7. The molecule has 26 heavy (non-hydrogen) atoms. The SMILES string of the molecule is CCOc1ccc(S(=O)(=O)N2CCN(C(=O)[C@@H](C)N)CC2)cc1OCC. The van der Waals surface area contributed by atoms with Gasteiger partial charge in [0.2, 0.25) is 15.9 Å². The maximum atomic E-state index is 12.9. The molecule has 0 spiro atoms. The smallest absolute Gasteiger partial charge is 0.243 e. The predicted octanol–water partition coefficient (Wildman–Crippen LogP) is 0.664. The molecule has 1 amide bonds. The Morgan fingerprint density at radius 1 is 1.12 bits per heavy atom. The summed E-state index contributed by atoms with van der Waals surface area (Å²) in [5.41, 5.74) is 5.61. The van der Waals surface area contributed by atoms with Crippen LogP contribution in [0.25, 0.3) is 0 Å². The summed E-state index contributed by atoms with van der Waals surface area (Å²) in [6.45, 7) is 7.29. The van der Waals surface area contributed by atoms with Gasteiger partial charge in [0, 0.05) is 32.2 Å². The van der Waals surface area contributed by atoms with E-state index in [-0.39, 0.29) is 23.9 Å². The number of ether oxygens (including phenoxy) is 2. The molecule has 146 valence electrons. The van der Waals surface area contributed by atoms with E-state index in [9.17, 15) is 13.2 Å². The molecule has 0 radical (unpaired) electrons. The molecule has 1 aromatic carbocycles. The second-order valence-corrected chi connectivity index (χ2v) is 7.93. The zero-order valence-corrected chi connectivity index (χ0v) is 16.3. The van der Waals surface area contributed by atoms with E-state index in [1.54, 1.807) is 17.9 Å². The van der Waals surface area contributed by atoms with Gasteiger partial charge in [-0.3, -0.25) is 4.79 Å². The summed E-state index contributed by atoms with van der Waals surface area (Å²) in [5, 5.41) is 0. The highest BCUT2D eigenvalue weighted by Gasteiger charge is 2.31. The van der Waals surface area contributed by atoms with Gasteiger partial charge in [-0.15, -0.1) is 0 Å². The Bertz CT molecular complexity index is 728. The molecule has 1 fully saturated rings. The lowest BCUT2D eigenvalue weighted by molar-refractivity contribution is -0.133. The van der Waals surface area contributed by atoms with Crippen LogP contribution >= 0.6 is 0 Å². The van der Waals surface area contributed by atoms with Gasteiger partial charge in [0.1, 0.15) is 0 Å². The second kappa shape index (κ2) is 8.70. The van der Waals surface area contributed by atoms with Crippen LogP contribution in [0.1, 0.15) is 20.8 Å². The number of amides is 1. The first-order valence-electron chi connectivity index (χ1n) is 8.75. The van der Waals surface area contributed by atoms with E-state index in [2.05, 4.69) is 0 Å². The first-order chi connectivity index (χ1) is 12.3. The highest BCUT2D eigenvalue weighted by atomic mass is 32.2. The van der Waals surface area contributed by atoms with Gasteiger partial charge in [-0.1, -0.05) is 0 Å². The molecule has 0 saturated carbocycles. The molecule has 1 aromatic rings. The molecule has 0 bridgehead atoms. The van der Waals surface area contributed by atoms with Crippen LogP contribution in [0.4, 0.5) is 0 Å². The molecule has 1 heterocycles. The Hall–Kier alpha value is -1.84. The fourth-order valence-electron chi connectivity index (χ4n) is 2.78. The summed E-state index contributed by atoms with van der Waals surface area (Å²) in [6.07, 6.45) is 0. The van der Waals surface area contributed by atoms with Crippen molar-refractivity contribution < 1.29 is 22.7 Å². The lowest BCUT2D eigenvalue weighted by Crippen LogP contribution is -2.53. The fraction of sp³-hybridized carbons (Fsp3) is 0.588. The minimum absolute atomic E-state index is 0.149. The maximum Gasteiger partial charge on any atom is 0.243 e. The largest absolute Gasteiger partial charge is 0.490 e. The van der Waals surface area contributed by atoms with Crippen LogP contribution < -0.4 is 15.2 Å². The molecule has 8 nitrogen and oxygen atoms in total. The second-order valence-electron chi connectivity index (χ2n) is 5.99. The summed E-state index contributed by atoms with van der Waals surface area (Å²) < 4.78 is 38.2. The van der Waals surface area contributed by atoms with Gasteiger partial charge in [-0.25, -0.2) is 8.42 Å². The van der Waals surface area contributed by atoms with Crippen LogP contribution in [0, 0.1) is 0 Å². The fourth-order valence-corrected chi connectivity index (χ4v) is 4.22. The number of hydrogen-bond acceptors (Lipinski definition) is 6. The molecule has 0 aromatic heterocycles. The number of hydrogen-bond donors (Lipinski definition) is 1. The Kier molecular flexibility index (Phi) is 6.85. The number of piperazine rings is 1. The minimum atomic E-state index is -3.68. The lowest BCUT2D eigenvalue weighted by atomic mass is 10.2. The quantitative estimate of drug-likeness (QED) is 0.740. The predicted molar refractivity (Wildman–Crippen MR) is 97.8 cm³/mol. The standard InChI is InChI=1S/C17H27N3O5S/c1-4-24-15-7-6-14(12-16(15)25-5-2)26(22,23)20-10-8-19(9-11-20)17(21)13(3)18/h6-7,12-13H,4-5,8-11,18H2,1-3H3/t13-/m1/s1. The van der Waals surface area contributed by atoms with Crippen molar-refractivity contribution in [1.82, 2.24) is 9.21 Å². The Morgan fingerprint density at radius 2 is 1.69 bits per heavy atom. The van der Waals surface area contributed by atoms with Crippen molar-refractivity contribution >= 4 is 15.9 Å². The number of carbonyl (C=O) groups is 1. The van der Waals surface area contributed by atoms with E-state index < -0.39 is 16.1 Å². The average molecular weight is 385 g/mol. The first kappa shape index (κ1) is 20.5. The van der Waals surface area contributed by atoms with Crippen molar-refractivity contribution in [3.05, 3.63) is 18.2 Å². The van der Waals surface area contributed by atoms with Crippen LogP contribution in [-0.4, -0.2) is 69.0 Å². The minimum Gasteiger partial charge on any atom is -0.490 e. The topological polar surface area (TPSA) is 102 Å². The molecule has 0 aliphatic carbocycles. The van der Waals surface area contributed by atoms with Gasteiger partial charge in [0.05, 0.1) is 24.2 Å². The maximum absolute atomic E-state index is 12.9. The molecule has 1 saturated heterocycles. The molecule has 9 heteroatoms. The molecular formula is C17H27N3O5S. The number of sulfonamides is 1. The van der Waals surface area contributed by atoms with Gasteiger partial charge in [0.15, 0.2) is 11.5 Å². The van der Waals surface area contributed by atoms with Crippen molar-refractivity contribution in [2.24, 2.45) is 5.73 Å². The third-order valence-electron chi connectivity index (χ3n) is 4.09. The van der Waals surface area contributed by atoms with Gasteiger partial charge in [0.25, 0.3) is 0 Å². The number of carbonyl (C=O) groups excluding carboxylic acids is 1. The van der Waals surface area contributed by atoms with Crippen LogP contribution in [0.2, 0.25) is 0 Å². The van der Waals surface area contributed by atoms with Gasteiger partial charge >= 0.3 is 0 Å². The van der Waals surface area contributed by atoms with Crippen molar-refractivity contribution in [3.8, 4) is 11.5 Å². The van der Waals surface area contributed by atoms with E-state index >= 15 is 0 Å². The van der Waals surface area contributed by atoms with Gasteiger partial charge in [-0.05, 0) is 32.9 Å². The normalized spacial score (nSPS) is 17.0. The zero-order valence-electron chi connectivity index (χ0n) is 15.5. The van der Waals surface area contributed by atoms with Crippen molar-refractivity contribution in [2.45, 2.75) is 31.7 Å². The highest BCUT2D eigenvalue weighted by Crippen LogP contribution is 2.31. The highest BCUT2D eigenvalue weighted by molar-refractivity contribution is 7.89. The first-order valence-corrected chi connectivity index (χ1v) is 10.2. The summed E-state index contributed by atoms with van der Waals surface area (Å²) in [5.74, 6) is 0.753. The van der Waals surface area contributed by atoms with Crippen molar-refractivity contribution in [2.75, 3.05) is 39.4 Å². The molecule has 2 rings (SSSR count). The van der Waals surface area contributed by atoms with Crippen LogP contribution in [-0.2, 0) is 14.8 Å². The average Bonchev–Trinajstić information content (AvgIpc) is 2.63. The Morgan fingerprint density at radius 3 is 2.23 bits per heavy atom. The molecular weight excluding hydrogens is 358 g/mol. The molecule has 0 unspecified atom stereocenters. The summed E-state index contributed by atoms with van der Waals surface area (Å²) >= 11 is 0. The number of nitrogens with zero attached hydrogens (tertiary/aromatic N) is 2.